The van der Waals surface area contributed by atoms with E-state index in [-0.39, 0.29) is 11.7 Å². The van der Waals surface area contributed by atoms with Crippen molar-refractivity contribution in [2.24, 2.45) is 0 Å². The molecule has 0 N–H and O–H groups in total. The van der Waals surface area contributed by atoms with Gasteiger partial charge in [-0.3, -0.25) is 4.79 Å². The van der Waals surface area contributed by atoms with Crippen LogP contribution >= 0.6 is 11.6 Å². The minimum absolute atomic E-state index is 0.0772. The van der Waals surface area contributed by atoms with E-state index in [1.807, 2.05) is 66.7 Å². The van der Waals surface area contributed by atoms with Gasteiger partial charge < -0.3 is 0 Å². The number of hydrogen-bond donors (Lipinski definition) is 0. The van der Waals surface area contributed by atoms with Gasteiger partial charge in [-0.1, -0.05) is 66.2 Å². The van der Waals surface area contributed by atoms with E-state index in [1.54, 1.807) is 6.92 Å². The Hall–Kier alpha value is -1.86. The normalized spacial score (nSPS) is 12.5. The molecule has 0 aliphatic rings. The first-order valence-electron chi connectivity index (χ1n) is 6.64. The second kappa shape index (κ2) is 7.06. The number of rotatable bonds is 5. The molecule has 20 heavy (non-hydrogen) atoms. The van der Waals surface area contributed by atoms with Gasteiger partial charge in [0.25, 0.3) is 0 Å². The molecule has 0 bridgehead atoms. The zero-order valence-corrected chi connectivity index (χ0v) is 12.2. The predicted molar refractivity (Wildman–Crippen MR) is 85.0 cm³/mol. The van der Waals surface area contributed by atoms with Gasteiger partial charge in [-0.15, -0.1) is 0 Å². The average Bonchev–Trinajstić information content (AvgIpc) is 2.44. The van der Waals surface area contributed by atoms with Crippen LogP contribution in [0.25, 0.3) is 6.08 Å². The quantitative estimate of drug-likeness (QED) is 0.745. The van der Waals surface area contributed by atoms with Crippen molar-refractivity contribution in [3.63, 3.8) is 0 Å². The summed E-state index contributed by atoms with van der Waals surface area (Å²) in [4.78, 5) is 11.8. The molecule has 1 atom stereocenters. The van der Waals surface area contributed by atoms with E-state index in [2.05, 4.69) is 0 Å². The summed E-state index contributed by atoms with van der Waals surface area (Å²) in [5.74, 6) is 0.110. The fourth-order valence-corrected chi connectivity index (χ4v) is 2.37. The Morgan fingerprint density at radius 3 is 2.55 bits per heavy atom. The van der Waals surface area contributed by atoms with Gasteiger partial charge in [0.05, 0.1) is 0 Å². The SMILES string of the molecule is CC(=O)C(C/C=C\c1cccc(Cl)c1)c1ccccc1. The van der Waals surface area contributed by atoms with Crippen molar-refractivity contribution in [1.82, 2.24) is 0 Å². The van der Waals surface area contributed by atoms with Crippen molar-refractivity contribution in [2.75, 3.05) is 0 Å². The van der Waals surface area contributed by atoms with Gasteiger partial charge in [0, 0.05) is 10.9 Å². The Bertz CT molecular complexity index is 602. The Morgan fingerprint density at radius 2 is 1.90 bits per heavy atom. The fourth-order valence-electron chi connectivity index (χ4n) is 2.17. The first-order chi connectivity index (χ1) is 9.66. The van der Waals surface area contributed by atoms with E-state index in [0.717, 1.165) is 16.1 Å². The maximum absolute atomic E-state index is 11.8. The van der Waals surface area contributed by atoms with Crippen LogP contribution < -0.4 is 0 Å². The van der Waals surface area contributed by atoms with Crippen molar-refractivity contribution >= 4 is 23.5 Å². The highest BCUT2D eigenvalue weighted by molar-refractivity contribution is 6.30. The molecule has 2 aromatic carbocycles. The van der Waals surface area contributed by atoms with Gasteiger partial charge in [0.2, 0.25) is 0 Å². The van der Waals surface area contributed by atoms with Crippen molar-refractivity contribution in [2.45, 2.75) is 19.3 Å². The van der Waals surface area contributed by atoms with Crippen LogP contribution in [0.1, 0.15) is 30.4 Å². The predicted octanol–water partition coefficient (Wildman–Crippen LogP) is 5.12. The monoisotopic (exact) mass is 284 g/mol. The van der Waals surface area contributed by atoms with E-state index in [9.17, 15) is 4.79 Å². The third kappa shape index (κ3) is 4.07. The molecule has 2 aromatic rings. The van der Waals surface area contributed by atoms with Crippen LogP contribution in [-0.2, 0) is 4.79 Å². The standard InChI is InChI=1S/C18H17ClO/c1-14(20)18(16-9-3-2-4-10-16)12-6-8-15-7-5-11-17(19)13-15/h2-11,13,18H,12H2,1H3/b8-6-. The minimum Gasteiger partial charge on any atom is -0.299 e. The smallest absolute Gasteiger partial charge is 0.137 e. The summed E-state index contributed by atoms with van der Waals surface area (Å²) in [6.45, 7) is 1.64. The topological polar surface area (TPSA) is 17.1 Å². The van der Waals surface area contributed by atoms with Crippen molar-refractivity contribution in [3.8, 4) is 0 Å². The first-order valence-corrected chi connectivity index (χ1v) is 7.02. The largest absolute Gasteiger partial charge is 0.299 e. The summed E-state index contributed by atoms with van der Waals surface area (Å²) in [5.41, 5.74) is 2.11. The first kappa shape index (κ1) is 14.5. The van der Waals surface area contributed by atoms with Crippen LogP contribution in [0.3, 0.4) is 0 Å². The molecule has 0 amide bonds. The lowest BCUT2D eigenvalue weighted by Gasteiger charge is -2.11. The number of ketones is 1. The average molecular weight is 285 g/mol. The van der Waals surface area contributed by atoms with Gasteiger partial charge in [-0.05, 0) is 36.6 Å². The van der Waals surface area contributed by atoms with Gasteiger partial charge in [0.1, 0.15) is 5.78 Å². The summed E-state index contributed by atoms with van der Waals surface area (Å²) in [5, 5.41) is 0.721. The molecule has 0 aromatic heterocycles. The maximum Gasteiger partial charge on any atom is 0.137 e. The second-order valence-corrected chi connectivity index (χ2v) is 5.20. The fraction of sp³-hybridized carbons (Fsp3) is 0.167. The number of Topliss-reactive ketones (excluding diaryl/α,β-unsaturated/α-hetero) is 1. The van der Waals surface area contributed by atoms with E-state index < -0.39 is 0 Å². The van der Waals surface area contributed by atoms with Crippen molar-refractivity contribution < 1.29 is 4.79 Å². The van der Waals surface area contributed by atoms with Crippen LogP contribution in [0, 0.1) is 0 Å². The molecular formula is C18H17ClO. The minimum atomic E-state index is -0.0772. The zero-order chi connectivity index (χ0) is 14.4. The molecule has 0 radical (unpaired) electrons. The van der Waals surface area contributed by atoms with E-state index in [4.69, 9.17) is 11.6 Å². The third-order valence-corrected chi connectivity index (χ3v) is 3.46. The number of benzene rings is 2. The summed E-state index contributed by atoms with van der Waals surface area (Å²) >= 11 is 5.94. The molecule has 0 fully saturated rings. The van der Waals surface area contributed by atoms with Gasteiger partial charge in [-0.2, -0.15) is 0 Å². The van der Waals surface area contributed by atoms with Crippen LogP contribution in [0.15, 0.2) is 60.7 Å². The summed E-state index contributed by atoms with van der Waals surface area (Å²) in [6.07, 6.45) is 4.74. The summed E-state index contributed by atoms with van der Waals surface area (Å²) in [7, 11) is 0. The van der Waals surface area contributed by atoms with E-state index >= 15 is 0 Å². The molecule has 0 heterocycles. The lowest BCUT2D eigenvalue weighted by atomic mass is 9.92. The molecule has 2 rings (SSSR count). The van der Waals surface area contributed by atoms with Crippen LogP contribution in [0.5, 0.6) is 0 Å². The van der Waals surface area contributed by atoms with Crippen molar-refractivity contribution in [3.05, 3.63) is 76.8 Å². The number of allylic oxidation sites excluding steroid dienone is 1. The number of carbonyl (C=O) groups excluding carboxylic acids is 1. The van der Waals surface area contributed by atoms with Gasteiger partial charge >= 0.3 is 0 Å². The van der Waals surface area contributed by atoms with E-state index in [0.29, 0.717) is 6.42 Å². The Balaban J connectivity index is 2.09. The molecular weight excluding hydrogens is 268 g/mol. The van der Waals surface area contributed by atoms with Crippen LogP contribution in [-0.4, -0.2) is 5.78 Å². The molecule has 0 saturated carbocycles. The number of carbonyl (C=O) groups is 1. The molecule has 1 nitrogen and oxygen atoms in total. The van der Waals surface area contributed by atoms with Crippen LogP contribution in [0.4, 0.5) is 0 Å². The lowest BCUT2D eigenvalue weighted by Crippen LogP contribution is -2.07. The van der Waals surface area contributed by atoms with Gasteiger partial charge in [0.15, 0.2) is 0 Å². The number of halogens is 1. The highest BCUT2D eigenvalue weighted by Gasteiger charge is 2.14. The third-order valence-electron chi connectivity index (χ3n) is 3.22. The molecule has 102 valence electrons. The highest BCUT2D eigenvalue weighted by Crippen LogP contribution is 2.22. The van der Waals surface area contributed by atoms with Crippen LogP contribution in [0.2, 0.25) is 5.02 Å². The molecule has 0 aliphatic heterocycles. The van der Waals surface area contributed by atoms with E-state index in [1.165, 1.54) is 0 Å². The maximum atomic E-state index is 11.8. The second-order valence-electron chi connectivity index (χ2n) is 4.77. The molecule has 1 unspecified atom stereocenters. The molecule has 2 heteroatoms. The Kier molecular flexibility index (Phi) is 5.14. The van der Waals surface area contributed by atoms with Gasteiger partial charge in [-0.25, -0.2) is 0 Å². The summed E-state index contributed by atoms with van der Waals surface area (Å²) in [6, 6.07) is 17.6. The highest BCUT2D eigenvalue weighted by atomic mass is 35.5. The Morgan fingerprint density at radius 1 is 1.15 bits per heavy atom. The van der Waals surface area contributed by atoms with Crippen molar-refractivity contribution in [1.29, 1.82) is 0 Å². The summed E-state index contributed by atoms with van der Waals surface area (Å²) < 4.78 is 0. The lowest BCUT2D eigenvalue weighted by molar-refractivity contribution is -0.118. The molecule has 0 saturated heterocycles. The Labute approximate surface area is 124 Å². The molecule has 0 aliphatic carbocycles. The zero-order valence-electron chi connectivity index (χ0n) is 11.4. The molecule has 0 spiro atoms. The number of hydrogen-bond acceptors (Lipinski definition) is 1.